The zero-order valence-corrected chi connectivity index (χ0v) is 13.0. The predicted molar refractivity (Wildman–Crippen MR) is 75.5 cm³/mol. The highest BCUT2D eigenvalue weighted by Crippen LogP contribution is 2.22. The largest absolute Gasteiger partial charge is 0.381 e. The minimum absolute atomic E-state index is 0.524. The molecule has 18 heavy (non-hydrogen) atoms. The number of hydrogen-bond donors (Lipinski definition) is 1. The van der Waals surface area contributed by atoms with E-state index in [2.05, 4.69) is 33.3 Å². The topological polar surface area (TPSA) is 39.1 Å². The highest BCUT2D eigenvalue weighted by molar-refractivity contribution is 9.10. The van der Waals surface area contributed by atoms with Gasteiger partial charge in [0.15, 0.2) is 0 Å². The monoisotopic (exact) mass is 315 g/mol. The zero-order valence-electron chi connectivity index (χ0n) is 11.4. The molecule has 1 atom stereocenters. The maximum atomic E-state index is 5.40. The molecule has 1 unspecified atom stereocenters. The first-order valence-electron chi connectivity index (χ1n) is 6.58. The first kappa shape index (κ1) is 14.0. The molecule has 4 nitrogen and oxygen atoms in total. The van der Waals surface area contributed by atoms with Crippen molar-refractivity contribution in [3.8, 4) is 0 Å². The van der Waals surface area contributed by atoms with Crippen LogP contribution >= 0.6 is 15.9 Å². The Bertz CT molecular complexity index is 399. The minimum Gasteiger partial charge on any atom is -0.381 e. The zero-order chi connectivity index (χ0) is 13.1. The summed E-state index contributed by atoms with van der Waals surface area (Å²) in [5.41, 5.74) is 2.26. The van der Waals surface area contributed by atoms with Gasteiger partial charge in [0.1, 0.15) is 0 Å². The number of rotatable bonds is 4. The van der Waals surface area contributed by atoms with Gasteiger partial charge in [-0.3, -0.25) is 4.68 Å². The molecule has 1 fully saturated rings. The Balaban J connectivity index is 1.90. The quantitative estimate of drug-likeness (QED) is 0.927. The number of nitrogens with one attached hydrogen (secondary N) is 1. The third kappa shape index (κ3) is 3.13. The molecular weight excluding hydrogens is 294 g/mol. The first-order chi connectivity index (χ1) is 8.59. The number of aryl methyl sites for hydroxylation is 2. The number of nitrogens with zero attached hydrogens (tertiary/aromatic N) is 2. The SMILES string of the molecule is Cc1nn(C)c(CNC(C)C2CCOCC2)c1Br. The van der Waals surface area contributed by atoms with E-state index in [0.29, 0.717) is 6.04 Å². The molecule has 1 aliphatic heterocycles. The molecule has 5 heteroatoms. The van der Waals surface area contributed by atoms with Crippen molar-refractivity contribution in [2.24, 2.45) is 13.0 Å². The highest BCUT2D eigenvalue weighted by Gasteiger charge is 2.20. The molecule has 2 rings (SSSR count). The average Bonchev–Trinajstić information content (AvgIpc) is 2.62. The summed E-state index contributed by atoms with van der Waals surface area (Å²) in [6, 6.07) is 0.524. The Morgan fingerprint density at radius 3 is 2.72 bits per heavy atom. The van der Waals surface area contributed by atoms with Gasteiger partial charge in [0, 0.05) is 32.8 Å². The Morgan fingerprint density at radius 2 is 2.17 bits per heavy atom. The van der Waals surface area contributed by atoms with Gasteiger partial charge < -0.3 is 10.1 Å². The van der Waals surface area contributed by atoms with Crippen LogP contribution < -0.4 is 5.32 Å². The number of halogens is 1. The normalized spacial score (nSPS) is 19.1. The van der Waals surface area contributed by atoms with E-state index < -0.39 is 0 Å². The van der Waals surface area contributed by atoms with E-state index in [1.54, 1.807) is 0 Å². The van der Waals surface area contributed by atoms with Crippen LogP contribution in [0.2, 0.25) is 0 Å². The van der Waals surface area contributed by atoms with Crippen LogP contribution in [0.3, 0.4) is 0 Å². The molecule has 0 aromatic carbocycles. The molecule has 0 amide bonds. The summed E-state index contributed by atoms with van der Waals surface area (Å²) in [6.07, 6.45) is 2.33. The van der Waals surface area contributed by atoms with Crippen molar-refractivity contribution in [3.05, 3.63) is 15.9 Å². The van der Waals surface area contributed by atoms with Crippen molar-refractivity contribution in [3.63, 3.8) is 0 Å². The van der Waals surface area contributed by atoms with Gasteiger partial charge in [-0.25, -0.2) is 0 Å². The summed E-state index contributed by atoms with van der Waals surface area (Å²) < 4.78 is 8.47. The van der Waals surface area contributed by atoms with Crippen LogP contribution in [0.1, 0.15) is 31.2 Å². The Labute approximate surface area is 117 Å². The number of hydrogen-bond acceptors (Lipinski definition) is 3. The van der Waals surface area contributed by atoms with Gasteiger partial charge in [0.05, 0.1) is 15.9 Å². The van der Waals surface area contributed by atoms with E-state index in [-0.39, 0.29) is 0 Å². The Morgan fingerprint density at radius 1 is 1.50 bits per heavy atom. The fraction of sp³-hybridized carbons (Fsp3) is 0.769. The summed E-state index contributed by atoms with van der Waals surface area (Å²) in [4.78, 5) is 0. The predicted octanol–water partition coefficient (Wildman–Crippen LogP) is 2.40. The molecule has 1 aliphatic rings. The van der Waals surface area contributed by atoms with Crippen LogP contribution in [0.25, 0.3) is 0 Å². The summed E-state index contributed by atoms with van der Waals surface area (Å²) in [5, 5.41) is 8.03. The van der Waals surface area contributed by atoms with E-state index in [4.69, 9.17) is 4.74 Å². The second-order valence-electron chi connectivity index (χ2n) is 5.09. The van der Waals surface area contributed by atoms with E-state index >= 15 is 0 Å². The third-order valence-electron chi connectivity index (χ3n) is 3.83. The number of ether oxygens (including phenoxy) is 1. The van der Waals surface area contributed by atoms with Crippen LogP contribution in [-0.2, 0) is 18.3 Å². The van der Waals surface area contributed by atoms with Gasteiger partial charge in [-0.2, -0.15) is 5.10 Å². The van der Waals surface area contributed by atoms with Crippen molar-refractivity contribution in [1.29, 1.82) is 0 Å². The van der Waals surface area contributed by atoms with Crippen LogP contribution in [0, 0.1) is 12.8 Å². The van der Waals surface area contributed by atoms with Gasteiger partial charge in [0.25, 0.3) is 0 Å². The molecule has 1 aromatic rings. The molecule has 0 bridgehead atoms. The molecule has 1 saturated heterocycles. The lowest BCUT2D eigenvalue weighted by atomic mass is 9.93. The smallest absolute Gasteiger partial charge is 0.0739 e. The first-order valence-corrected chi connectivity index (χ1v) is 7.38. The van der Waals surface area contributed by atoms with Crippen LogP contribution in [0.5, 0.6) is 0 Å². The molecule has 1 N–H and O–H groups in total. The van der Waals surface area contributed by atoms with Crippen LogP contribution in [-0.4, -0.2) is 29.0 Å². The van der Waals surface area contributed by atoms with E-state index in [1.807, 2.05) is 18.7 Å². The van der Waals surface area contributed by atoms with E-state index in [0.717, 1.165) is 35.8 Å². The lowest BCUT2D eigenvalue weighted by molar-refractivity contribution is 0.0557. The minimum atomic E-state index is 0.524. The van der Waals surface area contributed by atoms with Gasteiger partial charge in [0.2, 0.25) is 0 Å². The molecule has 0 radical (unpaired) electrons. The second kappa shape index (κ2) is 6.17. The van der Waals surface area contributed by atoms with Crippen LogP contribution in [0.15, 0.2) is 4.47 Å². The Hall–Kier alpha value is -0.390. The lowest BCUT2D eigenvalue weighted by Gasteiger charge is -2.28. The summed E-state index contributed by atoms with van der Waals surface area (Å²) in [6.45, 7) is 6.97. The maximum Gasteiger partial charge on any atom is 0.0739 e. The maximum absolute atomic E-state index is 5.40. The van der Waals surface area contributed by atoms with Crippen molar-refractivity contribution >= 4 is 15.9 Å². The fourth-order valence-corrected chi connectivity index (χ4v) is 2.99. The average molecular weight is 316 g/mol. The molecule has 0 saturated carbocycles. The van der Waals surface area contributed by atoms with E-state index in [1.165, 1.54) is 18.5 Å². The van der Waals surface area contributed by atoms with Crippen molar-refractivity contribution < 1.29 is 4.74 Å². The van der Waals surface area contributed by atoms with Crippen LogP contribution in [0.4, 0.5) is 0 Å². The molecule has 0 spiro atoms. The molecule has 2 heterocycles. The standard InChI is InChI=1S/C13H22BrN3O/c1-9(11-4-6-18-7-5-11)15-8-12-13(14)10(2)16-17(12)3/h9,11,15H,4-8H2,1-3H3. The molecule has 0 aliphatic carbocycles. The summed E-state index contributed by atoms with van der Waals surface area (Å²) in [7, 11) is 1.99. The van der Waals surface area contributed by atoms with Gasteiger partial charge in [-0.05, 0) is 48.5 Å². The fourth-order valence-electron chi connectivity index (χ4n) is 2.51. The van der Waals surface area contributed by atoms with Gasteiger partial charge in [-0.15, -0.1) is 0 Å². The summed E-state index contributed by atoms with van der Waals surface area (Å²) in [5.74, 6) is 0.729. The van der Waals surface area contributed by atoms with Crippen molar-refractivity contribution in [2.75, 3.05) is 13.2 Å². The van der Waals surface area contributed by atoms with Gasteiger partial charge in [-0.1, -0.05) is 0 Å². The van der Waals surface area contributed by atoms with Gasteiger partial charge >= 0.3 is 0 Å². The Kier molecular flexibility index (Phi) is 4.81. The number of aromatic nitrogens is 2. The molecule has 1 aromatic heterocycles. The highest BCUT2D eigenvalue weighted by atomic mass is 79.9. The van der Waals surface area contributed by atoms with Crippen molar-refractivity contribution in [1.82, 2.24) is 15.1 Å². The molecular formula is C13H22BrN3O. The summed E-state index contributed by atoms with van der Waals surface area (Å²) >= 11 is 3.60. The van der Waals surface area contributed by atoms with E-state index in [9.17, 15) is 0 Å². The third-order valence-corrected chi connectivity index (χ3v) is 4.86. The second-order valence-corrected chi connectivity index (χ2v) is 5.88. The van der Waals surface area contributed by atoms with Crippen molar-refractivity contribution in [2.45, 2.75) is 39.3 Å². The molecule has 102 valence electrons. The lowest BCUT2D eigenvalue weighted by Crippen LogP contribution is -2.36.